The Labute approximate surface area is 192 Å². The van der Waals surface area contributed by atoms with Gasteiger partial charge < -0.3 is 14.2 Å². The summed E-state index contributed by atoms with van der Waals surface area (Å²) in [6.45, 7) is 7.31. The maximum Gasteiger partial charge on any atom is 0.410 e. The van der Waals surface area contributed by atoms with Crippen LogP contribution in [0.5, 0.6) is 0 Å². The summed E-state index contributed by atoms with van der Waals surface area (Å²) in [6, 6.07) is 9.15. The number of hydrogen-bond donors (Lipinski definition) is 2. The quantitative estimate of drug-likeness (QED) is 0.460. The zero-order valence-electron chi connectivity index (χ0n) is 19.0. The van der Waals surface area contributed by atoms with E-state index >= 15 is 0 Å². The predicted octanol–water partition coefficient (Wildman–Crippen LogP) is 4.23. The van der Waals surface area contributed by atoms with Crippen LogP contribution in [-0.2, 0) is 11.3 Å². The molecule has 0 bridgehead atoms. The number of hydrogen-bond acceptors (Lipinski definition) is 5. The van der Waals surface area contributed by atoms with E-state index in [-0.39, 0.29) is 6.09 Å². The van der Waals surface area contributed by atoms with E-state index in [0.717, 1.165) is 34.0 Å². The van der Waals surface area contributed by atoms with Crippen LogP contribution in [0.3, 0.4) is 0 Å². The highest BCUT2D eigenvalue weighted by Gasteiger charge is 2.24. The van der Waals surface area contributed by atoms with E-state index in [1.54, 1.807) is 22.5 Å². The summed E-state index contributed by atoms with van der Waals surface area (Å²) in [5, 5.41) is 9.83. The molecule has 0 saturated carbocycles. The number of aromatic nitrogens is 2. The number of hydroxylamine groups is 1. The van der Waals surface area contributed by atoms with E-state index in [2.05, 4.69) is 15.6 Å². The summed E-state index contributed by atoms with van der Waals surface area (Å²) in [5.41, 5.74) is 5.84. The predicted molar refractivity (Wildman–Crippen MR) is 125 cm³/mol. The molecule has 0 atom stereocenters. The minimum atomic E-state index is -0.536. The zero-order chi connectivity index (χ0) is 23.6. The highest BCUT2D eigenvalue weighted by Crippen LogP contribution is 2.30. The minimum Gasteiger partial charge on any atom is -0.444 e. The molecular weight excluding hydrogens is 420 g/mol. The van der Waals surface area contributed by atoms with Crippen molar-refractivity contribution in [3.63, 3.8) is 0 Å². The Kier molecular flexibility index (Phi) is 6.20. The number of carbonyl (C=O) groups excluding carboxylic acids is 2. The Morgan fingerprint density at radius 1 is 1.15 bits per heavy atom. The minimum absolute atomic E-state index is 0.296. The van der Waals surface area contributed by atoms with Gasteiger partial charge in [-0.15, -0.1) is 0 Å². The normalized spacial score (nSPS) is 14.2. The molecule has 0 radical (unpaired) electrons. The molecule has 0 aliphatic carbocycles. The van der Waals surface area contributed by atoms with Crippen molar-refractivity contribution in [2.45, 2.75) is 39.3 Å². The number of benzene rings is 1. The van der Waals surface area contributed by atoms with Crippen LogP contribution in [0.1, 0.15) is 48.7 Å². The number of fused-ring (bicyclic) bond motifs is 1. The SMILES string of the molecule is CC(C)(C)OC(=O)N1CC=C(c2cncc3ccn(Cc4ccc(C(=O)NO)cc4)c23)CC1. The Morgan fingerprint density at radius 2 is 1.91 bits per heavy atom. The lowest BCUT2D eigenvalue weighted by Gasteiger charge is -2.29. The molecule has 3 heterocycles. The number of nitrogens with one attached hydrogen (secondary N) is 1. The van der Waals surface area contributed by atoms with Gasteiger partial charge in [0.25, 0.3) is 5.91 Å². The standard InChI is InChI=1S/C25H28N4O4/c1-25(2,3)33-24(31)28-11-8-18(9-12-28)21-15-26-14-20-10-13-29(22(20)21)16-17-4-6-19(7-5-17)23(30)27-32/h4-8,10,13-15,32H,9,11-12,16H2,1-3H3,(H,27,30). The van der Waals surface area contributed by atoms with Gasteiger partial charge in [-0.1, -0.05) is 18.2 Å². The van der Waals surface area contributed by atoms with Crippen molar-refractivity contribution in [1.29, 1.82) is 0 Å². The van der Waals surface area contributed by atoms with Gasteiger partial charge in [-0.25, -0.2) is 10.3 Å². The van der Waals surface area contributed by atoms with Crippen molar-refractivity contribution in [3.05, 3.63) is 71.7 Å². The Bertz CT molecular complexity index is 1210. The number of nitrogens with zero attached hydrogens (tertiary/aromatic N) is 3. The average Bonchev–Trinajstić information content (AvgIpc) is 3.21. The Morgan fingerprint density at radius 3 is 2.55 bits per heavy atom. The maximum atomic E-state index is 12.4. The first-order valence-corrected chi connectivity index (χ1v) is 10.9. The summed E-state index contributed by atoms with van der Waals surface area (Å²) in [4.78, 5) is 30.1. The maximum absolute atomic E-state index is 12.4. The molecule has 1 aliphatic heterocycles. The number of ether oxygens (including phenoxy) is 1. The Balaban J connectivity index is 1.57. The molecular formula is C25H28N4O4. The molecule has 1 aliphatic rings. The van der Waals surface area contributed by atoms with E-state index < -0.39 is 11.5 Å². The lowest BCUT2D eigenvalue weighted by atomic mass is 9.99. The molecule has 0 spiro atoms. The van der Waals surface area contributed by atoms with Crippen molar-refractivity contribution >= 4 is 28.5 Å². The summed E-state index contributed by atoms with van der Waals surface area (Å²) < 4.78 is 7.66. The second-order valence-corrected chi connectivity index (χ2v) is 9.11. The molecule has 172 valence electrons. The summed E-state index contributed by atoms with van der Waals surface area (Å²) in [5.74, 6) is -0.536. The number of rotatable bonds is 4. The van der Waals surface area contributed by atoms with Gasteiger partial charge >= 0.3 is 6.09 Å². The van der Waals surface area contributed by atoms with Crippen LogP contribution < -0.4 is 5.48 Å². The van der Waals surface area contributed by atoms with Crippen LogP contribution >= 0.6 is 0 Å². The van der Waals surface area contributed by atoms with Gasteiger partial charge in [-0.3, -0.25) is 15.0 Å². The zero-order valence-corrected chi connectivity index (χ0v) is 19.0. The number of pyridine rings is 1. The van der Waals surface area contributed by atoms with Gasteiger partial charge in [0.15, 0.2) is 0 Å². The number of carbonyl (C=O) groups is 2. The first-order valence-electron chi connectivity index (χ1n) is 10.9. The average molecular weight is 449 g/mol. The first-order chi connectivity index (χ1) is 15.7. The molecule has 0 saturated heterocycles. The van der Waals surface area contributed by atoms with Gasteiger partial charge in [0.2, 0.25) is 0 Å². The Hall–Kier alpha value is -3.65. The van der Waals surface area contributed by atoms with Crippen molar-refractivity contribution in [2.24, 2.45) is 0 Å². The summed E-state index contributed by atoms with van der Waals surface area (Å²) in [6.07, 6.45) is 8.25. The molecule has 1 aromatic carbocycles. The van der Waals surface area contributed by atoms with E-state index in [0.29, 0.717) is 25.2 Å². The molecule has 2 amide bonds. The van der Waals surface area contributed by atoms with Gasteiger partial charge in [-0.05, 0) is 56.5 Å². The molecule has 2 N–H and O–H groups in total. The molecule has 3 aromatic rings. The lowest BCUT2D eigenvalue weighted by Crippen LogP contribution is -2.39. The third kappa shape index (κ3) is 5.06. The van der Waals surface area contributed by atoms with E-state index in [1.807, 2.05) is 57.6 Å². The fourth-order valence-corrected chi connectivity index (χ4v) is 3.95. The van der Waals surface area contributed by atoms with E-state index in [4.69, 9.17) is 9.94 Å². The molecule has 0 fully saturated rings. The second-order valence-electron chi connectivity index (χ2n) is 9.11. The second kappa shape index (κ2) is 9.07. The smallest absolute Gasteiger partial charge is 0.410 e. The first kappa shape index (κ1) is 22.5. The molecule has 4 rings (SSSR count). The summed E-state index contributed by atoms with van der Waals surface area (Å²) >= 11 is 0. The molecule has 2 aromatic heterocycles. The van der Waals surface area contributed by atoms with Gasteiger partial charge in [0.1, 0.15) is 5.60 Å². The third-order valence-corrected chi connectivity index (χ3v) is 5.54. The largest absolute Gasteiger partial charge is 0.444 e. The summed E-state index contributed by atoms with van der Waals surface area (Å²) in [7, 11) is 0. The van der Waals surface area contributed by atoms with Crippen LogP contribution in [0.2, 0.25) is 0 Å². The van der Waals surface area contributed by atoms with Crippen molar-refractivity contribution < 1.29 is 19.5 Å². The van der Waals surface area contributed by atoms with Crippen LogP contribution in [-0.4, -0.2) is 50.3 Å². The fraction of sp³-hybridized carbons (Fsp3) is 0.320. The van der Waals surface area contributed by atoms with Gasteiger partial charge in [0.05, 0.1) is 5.52 Å². The molecule has 8 nitrogen and oxygen atoms in total. The molecule has 33 heavy (non-hydrogen) atoms. The highest BCUT2D eigenvalue weighted by molar-refractivity contribution is 5.93. The van der Waals surface area contributed by atoms with Crippen molar-refractivity contribution in [1.82, 2.24) is 19.9 Å². The van der Waals surface area contributed by atoms with E-state index in [9.17, 15) is 9.59 Å². The topological polar surface area (TPSA) is 96.7 Å². The van der Waals surface area contributed by atoms with Crippen LogP contribution in [0.15, 0.2) is 55.0 Å². The van der Waals surface area contributed by atoms with E-state index in [1.165, 1.54) is 0 Å². The van der Waals surface area contributed by atoms with Gasteiger partial charge in [-0.2, -0.15) is 0 Å². The molecule has 8 heteroatoms. The van der Waals surface area contributed by atoms with Crippen molar-refractivity contribution in [2.75, 3.05) is 13.1 Å². The molecule has 0 unspecified atom stereocenters. The van der Waals surface area contributed by atoms with Crippen LogP contribution in [0.4, 0.5) is 4.79 Å². The monoisotopic (exact) mass is 448 g/mol. The van der Waals surface area contributed by atoms with Crippen LogP contribution in [0, 0.1) is 0 Å². The van der Waals surface area contributed by atoms with Crippen molar-refractivity contribution in [3.8, 4) is 0 Å². The van der Waals surface area contributed by atoms with Gasteiger partial charge in [0, 0.05) is 54.7 Å². The third-order valence-electron chi connectivity index (χ3n) is 5.54. The van der Waals surface area contributed by atoms with Crippen LogP contribution in [0.25, 0.3) is 16.5 Å². The number of amides is 2. The highest BCUT2D eigenvalue weighted by atomic mass is 16.6. The fourth-order valence-electron chi connectivity index (χ4n) is 3.95. The lowest BCUT2D eigenvalue weighted by molar-refractivity contribution is 0.0270.